The van der Waals surface area contributed by atoms with E-state index < -0.39 is 0 Å². The van der Waals surface area contributed by atoms with Crippen molar-refractivity contribution in [2.24, 2.45) is 0 Å². The fraction of sp³-hybridized carbons (Fsp3) is 0.300. The average molecular weight is 175 g/mol. The monoisotopic (exact) mass is 175 g/mol. The lowest BCUT2D eigenvalue weighted by atomic mass is 10.1. The van der Waals surface area contributed by atoms with E-state index in [1.54, 1.807) is 4.68 Å². The van der Waals surface area contributed by atoms with E-state index in [0.717, 1.165) is 16.9 Å². The molecule has 0 fully saturated rings. The number of nitrogens with two attached hydrogens (primary N) is 1. The van der Waals surface area contributed by atoms with E-state index in [-0.39, 0.29) is 0 Å². The first kappa shape index (κ1) is 8.10. The summed E-state index contributed by atoms with van der Waals surface area (Å²) in [6, 6.07) is 4.08. The Labute approximate surface area is 77.2 Å². The summed E-state index contributed by atoms with van der Waals surface area (Å²) in [5.41, 5.74) is 4.48. The molecule has 0 aliphatic rings. The number of imidazole rings is 1. The Balaban J connectivity index is 2.94. The molecule has 1 aromatic heterocycles. The number of benzene rings is 1. The molecular weight excluding hydrogens is 162 g/mol. The largest absolute Gasteiger partial charge is 0.337 e. The number of nitrogens with zero attached hydrogens (tertiary/aromatic N) is 2. The number of hydrogen-bond donors (Lipinski definition) is 1. The van der Waals surface area contributed by atoms with Crippen molar-refractivity contribution >= 4 is 11.0 Å². The van der Waals surface area contributed by atoms with Gasteiger partial charge in [0, 0.05) is 0 Å². The SMILES string of the molecule is Cc1ccc2c(nc(C)n2N)c1C. The number of hydrogen-bond acceptors (Lipinski definition) is 2. The highest BCUT2D eigenvalue weighted by molar-refractivity contribution is 5.80. The quantitative estimate of drug-likeness (QED) is 0.619. The van der Waals surface area contributed by atoms with Crippen LogP contribution in [0, 0.1) is 20.8 Å². The van der Waals surface area contributed by atoms with Crippen LogP contribution in [0.25, 0.3) is 11.0 Å². The van der Waals surface area contributed by atoms with Crippen molar-refractivity contribution in [1.82, 2.24) is 9.66 Å². The summed E-state index contributed by atoms with van der Waals surface area (Å²) in [7, 11) is 0. The molecule has 2 rings (SSSR count). The summed E-state index contributed by atoms with van der Waals surface area (Å²) in [4.78, 5) is 4.41. The van der Waals surface area contributed by atoms with Gasteiger partial charge in [-0.15, -0.1) is 0 Å². The Hall–Kier alpha value is -1.51. The lowest BCUT2D eigenvalue weighted by Gasteiger charge is -2.00. The molecule has 0 saturated carbocycles. The van der Waals surface area contributed by atoms with Crippen molar-refractivity contribution in [3.8, 4) is 0 Å². The second-order valence-corrected chi connectivity index (χ2v) is 3.40. The van der Waals surface area contributed by atoms with Crippen LogP contribution in [0.4, 0.5) is 0 Å². The van der Waals surface area contributed by atoms with Gasteiger partial charge in [-0.05, 0) is 38.0 Å². The first-order valence-corrected chi connectivity index (χ1v) is 4.31. The van der Waals surface area contributed by atoms with Crippen LogP contribution in [0.5, 0.6) is 0 Å². The van der Waals surface area contributed by atoms with Crippen molar-refractivity contribution in [3.63, 3.8) is 0 Å². The zero-order valence-corrected chi connectivity index (χ0v) is 8.13. The van der Waals surface area contributed by atoms with Gasteiger partial charge in [0.05, 0.1) is 11.0 Å². The van der Waals surface area contributed by atoms with Gasteiger partial charge in [-0.25, -0.2) is 9.66 Å². The maximum atomic E-state index is 5.81. The van der Waals surface area contributed by atoms with E-state index in [0.29, 0.717) is 0 Å². The summed E-state index contributed by atoms with van der Waals surface area (Å²) < 4.78 is 1.63. The van der Waals surface area contributed by atoms with E-state index in [4.69, 9.17) is 5.84 Å². The molecule has 68 valence electrons. The smallest absolute Gasteiger partial charge is 0.125 e. The van der Waals surface area contributed by atoms with Crippen LogP contribution in [0.1, 0.15) is 17.0 Å². The van der Waals surface area contributed by atoms with Gasteiger partial charge in [0.2, 0.25) is 0 Å². The highest BCUT2D eigenvalue weighted by Gasteiger charge is 2.07. The molecule has 0 amide bonds. The summed E-state index contributed by atoms with van der Waals surface area (Å²) in [5.74, 6) is 6.66. The molecule has 0 saturated heterocycles. The molecule has 3 heteroatoms. The molecule has 0 atom stereocenters. The minimum atomic E-state index is 0.851. The molecule has 1 aromatic carbocycles. The number of rotatable bonds is 0. The third-order valence-electron chi connectivity index (χ3n) is 2.56. The molecule has 0 spiro atoms. The summed E-state index contributed by atoms with van der Waals surface area (Å²) >= 11 is 0. The van der Waals surface area contributed by atoms with Gasteiger partial charge >= 0.3 is 0 Å². The van der Waals surface area contributed by atoms with Gasteiger partial charge in [0.15, 0.2) is 0 Å². The molecular formula is C10H13N3. The van der Waals surface area contributed by atoms with Gasteiger partial charge in [-0.2, -0.15) is 0 Å². The van der Waals surface area contributed by atoms with Gasteiger partial charge < -0.3 is 5.84 Å². The molecule has 0 unspecified atom stereocenters. The highest BCUT2D eigenvalue weighted by atomic mass is 15.3. The van der Waals surface area contributed by atoms with Gasteiger partial charge in [-0.1, -0.05) is 6.07 Å². The van der Waals surface area contributed by atoms with Crippen LogP contribution < -0.4 is 5.84 Å². The molecule has 2 aromatic rings. The zero-order chi connectivity index (χ0) is 9.59. The first-order valence-electron chi connectivity index (χ1n) is 4.31. The number of aromatic nitrogens is 2. The van der Waals surface area contributed by atoms with E-state index in [1.807, 2.05) is 13.0 Å². The minimum absolute atomic E-state index is 0.851. The Morgan fingerprint density at radius 1 is 1.23 bits per heavy atom. The van der Waals surface area contributed by atoms with Crippen LogP contribution >= 0.6 is 0 Å². The lowest BCUT2D eigenvalue weighted by Crippen LogP contribution is -2.09. The van der Waals surface area contributed by atoms with Crippen molar-refractivity contribution in [2.75, 3.05) is 5.84 Å². The fourth-order valence-corrected chi connectivity index (χ4v) is 1.51. The number of aryl methyl sites for hydroxylation is 3. The minimum Gasteiger partial charge on any atom is -0.337 e. The summed E-state index contributed by atoms with van der Waals surface area (Å²) in [5, 5.41) is 0. The van der Waals surface area contributed by atoms with Gasteiger partial charge in [0.25, 0.3) is 0 Å². The fourth-order valence-electron chi connectivity index (χ4n) is 1.51. The predicted octanol–water partition coefficient (Wildman–Crippen LogP) is 1.68. The Morgan fingerprint density at radius 2 is 1.92 bits per heavy atom. The van der Waals surface area contributed by atoms with E-state index >= 15 is 0 Å². The second kappa shape index (κ2) is 2.49. The maximum Gasteiger partial charge on any atom is 0.125 e. The summed E-state index contributed by atoms with van der Waals surface area (Å²) in [6.45, 7) is 6.07. The van der Waals surface area contributed by atoms with Gasteiger partial charge in [-0.3, -0.25) is 0 Å². The van der Waals surface area contributed by atoms with Crippen LogP contribution in [-0.4, -0.2) is 9.66 Å². The maximum absolute atomic E-state index is 5.81. The van der Waals surface area contributed by atoms with Crippen molar-refractivity contribution < 1.29 is 0 Å². The summed E-state index contributed by atoms with van der Waals surface area (Å²) in [6.07, 6.45) is 0. The van der Waals surface area contributed by atoms with Crippen LogP contribution in [0.3, 0.4) is 0 Å². The van der Waals surface area contributed by atoms with Crippen LogP contribution in [0.15, 0.2) is 12.1 Å². The van der Waals surface area contributed by atoms with Crippen LogP contribution in [-0.2, 0) is 0 Å². The molecule has 0 aliphatic carbocycles. The molecule has 2 N–H and O–H groups in total. The second-order valence-electron chi connectivity index (χ2n) is 3.40. The normalized spacial score (nSPS) is 11.0. The number of fused-ring (bicyclic) bond motifs is 1. The third kappa shape index (κ3) is 1.00. The Morgan fingerprint density at radius 3 is 2.62 bits per heavy atom. The molecule has 13 heavy (non-hydrogen) atoms. The van der Waals surface area contributed by atoms with E-state index in [9.17, 15) is 0 Å². The average Bonchev–Trinajstić information content (AvgIpc) is 2.38. The van der Waals surface area contributed by atoms with Gasteiger partial charge in [0.1, 0.15) is 5.82 Å². The topological polar surface area (TPSA) is 43.8 Å². The predicted molar refractivity (Wildman–Crippen MR) is 54.1 cm³/mol. The van der Waals surface area contributed by atoms with Crippen molar-refractivity contribution in [2.45, 2.75) is 20.8 Å². The molecule has 1 heterocycles. The standard InChI is InChI=1S/C10H13N3/c1-6-4-5-9-10(7(6)2)12-8(3)13(9)11/h4-5H,11H2,1-3H3. The van der Waals surface area contributed by atoms with Crippen LogP contribution in [0.2, 0.25) is 0 Å². The molecule has 3 nitrogen and oxygen atoms in total. The first-order chi connectivity index (χ1) is 6.11. The lowest BCUT2D eigenvalue weighted by molar-refractivity contribution is 0.956. The molecule has 0 radical (unpaired) electrons. The highest BCUT2D eigenvalue weighted by Crippen LogP contribution is 2.20. The Bertz CT molecular complexity index is 468. The van der Waals surface area contributed by atoms with Crippen molar-refractivity contribution in [1.29, 1.82) is 0 Å². The molecule has 0 aliphatic heterocycles. The van der Waals surface area contributed by atoms with E-state index in [1.165, 1.54) is 11.1 Å². The van der Waals surface area contributed by atoms with Crippen molar-refractivity contribution in [3.05, 3.63) is 29.1 Å². The molecule has 0 bridgehead atoms. The zero-order valence-electron chi connectivity index (χ0n) is 8.13. The third-order valence-corrected chi connectivity index (χ3v) is 2.56. The Kier molecular flexibility index (Phi) is 1.55. The number of nitrogen functional groups attached to an aromatic ring is 1. The van der Waals surface area contributed by atoms with E-state index in [2.05, 4.69) is 24.9 Å².